The van der Waals surface area contributed by atoms with Crippen LogP contribution in [0.3, 0.4) is 0 Å². The molecule has 0 atom stereocenters. The van der Waals surface area contributed by atoms with Gasteiger partial charge in [0.2, 0.25) is 5.50 Å². The van der Waals surface area contributed by atoms with Gasteiger partial charge in [0, 0.05) is 24.5 Å². The van der Waals surface area contributed by atoms with Gasteiger partial charge in [0.15, 0.2) is 0 Å². The summed E-state index contributed by atoms with van der Waals surface area (Å²) in [7, 11) is -3.51. The molecule has 0 bridgehead atoms. The number of hydrogen-bond acceptors (Lipinski definition) is 7. The third-order valence-electron chi connectivity index (χ3n) is 4.54. The second kappa shape index (κ2) is 10.7. The molecule has 0 radical (unpaired) electrons. The van der Waals surface area contributed by atoms with E-state index in [0.29, 0.717) is 17.9 Å². The minimum absolute atomic E-state index is 0.246. The molecule has 2 aromatic heterocycles. The molecule has 0 aliphatic rings. The van der Waals surface area contributed by atoms with Crippen LogP contribution in [0, 0.1) is 6.92 Å². The highest BCUT2D eigenvalue weighted by atomic mass is 31.2. The summed E-state index contributed by atoms with van der Waals surface area (Å²) in [4.78, 5) is 4.11. The summed E-state index contributed by atoms with van der Waals surface area (Å²) < 4.78 is 36.0. The highest BCUT2D eigenvalue weighted by Gasteiger charge is 2.34. The maximum Gasteiger partial charge on any atom is 0.396 e. The lowest BCUT2D eigenvalue weighted by Gasteiger charge is -2.15. The molecule has 0 aliphatic carbocycles. The topological polar surface area (TPSA) is 82.8 Å². The maximum absolute atomic E-state index is 13.2. The fourth-order valence-electron chi connectivity index (χ4n) is 3.24. The second-order valence-corrected chi connectivity index (χ2v) is 8.65. The van der Waals surface area contributed by atoms with E-state index < -0.39 is 7.60 Å². The Balaban J connectivity index is 1.65. The molecule has 0 unspecified atom stereocenters. The highest BCUT2D eigenvalue weighted by Crippen LogP contribution is 2.50. The number of fused-ring (bicyclic) bond motifs is 1. The number of furan rings is 1. The van der Waals surface area contributed by atoms with E-state index in [9.17, 15) is 4.57 Å². The van der Waals surface area contributed by atoms with Crippen molar-refractivity contribution in [1.29, 1.82) is 0 Å². The number of aryl methyl sites for hydroxylation is 1. The first-order valence-corrected chi connectivity index (χ1v) is 11.8. The first-order chi connectivity index (χ1) is 14.6. The molecule has 7 nitrogen and oxygen atoms in total. The number of aromatic nitrogens is 1. The summed E-state index contributed by atoms with van der Waals surface area (Å²) in [5, 5.41) is 4.18. The summed E-state index contributed by atoms with van der Waals surface area (Å²) in [5.41, 5.74) is 2.73. The fourth-order valence-corrected chi connectivity index (χ4v) is 4.97. The maximum atomic E-state index is 13.2. The average Bonchev–Trinajstić information content (AvgIpc) is 3.10. The lowest BCUT2D eigenvalue weighted by Crippen LogP contribution is -2.17. The van der Waals surface area contributed by atoms with Crippen molar-refractivity contribution in [3.8, 4) is 5.75 Å². The van der Waals surface area contributed by atoms with E-state index >= 15 is 0 Å². The SMILES string of the molecule is CCOP(=O)(OCC)c1oc2cccc(OCCCNCc3cccnc3)c2c1C. The van der Waals surface area contributed by atoms with Crippen LogP contribution in [0.2, 0.25) is 0 Å². The van der Waals surface area contributed by atoms with Gasteiger partial charge in [-0.05, 0) is 57.5 Å². The molecule has 1 aromatic carbocycles. The van der Waals surface area contributed by atoms with Crippen LogP contribution in [0.1, 0.15) is 31.4 Å². The van der Waals surface area contributed by atoms with Gasteiger partial charge >= 0.3 is 7.60 Å². The Bertz CT molecular complexity index is 980. The van der Waals surface area contributed by atoms with Crippen molar-refractivity contribution >= 4 is 24.1 Å². The predicted octanol–water partition coefficient (Wildman–Crippen LogP) is 4.59. The minimum atomic E-state index is -3.51. The molecule has 1 N–H and O–H groups in total. The molecule has 0 spiro atoms. The van der Waals surface area contributed by atoms with Gasteiger partial charge in [-0.1, -0.05) is 12.1 Å². The molecular weight excluding hydrogens is 403 g/mol. The van der Waals surface area contributed by atoms with Crippen LogP contribution < -0.4 is 15.6 Å². The fraction of sp³-hybridized carbons (Fsp3) is 0.409. The Labute approximate surface area is 177 Å². The number of benzene rings is 1. The van der Waals surface area contributed by atoms with Crippen LogP contribution in [0.5, 0.6) is 5.75 Å². The van der Waals surface area contributed by atoms with Crippen molar-refractivity contribution in [2.24, 2.45) is 0 Å². The van der Waals surface area contributed by atoms with Gasteiger partial charge in [-0.2, -0.15) is 0 Å². The quantitative estimate of drug-likeness (QED) is 0.331. The average molecular weight is 432 g/mol. The van der Waals surface area contributed by atoms with E-state index in [4.69, 9.17) is 18.2 Å². The van der Waals surface area contributed by atoms with E-state index in [0.717, 1.165) is 36.0 Å². The zero-order valence-corrected chi connectivity index (χ0v) is 18.6. The highest BCUT2D eigenvalue weighted by molar-refractivity contribution is 7.61. The molecule has 0 saturated heterocycles. The smallest absolute Gasteiger partial charge is 0.396 e. The third-order valence-corrected chi connectivity index (χ3v) is 6.67. The molecule has 162 valence electrons. The second-order valence-electron chi connectivity index (χ2n) is 6.73. The van der Waals surface area contributed by atoms with Crippen molar-refractivity contribution in [2.45, 2.75) is 33.7 Å². The zero-order chi connectivity index (χ0) is 21.4. The van der Waals surface area contributed by atoms with Crippen LogP contribution in [0.4, 0.5) is 0 Å². The zero-order valence-electron chi connectivity index (χ0n) is 17.7. The normalized spacial score (nSPS) is 11.8. The van der Waals surface area contributed by atoms with Crippen molar-refractivity contribution < 1.29 is 22.8 Å². The van der Waals surface area contributed by atoms with E-state index in [2.05, 4.69) is 10.3 Å². The van der Waals surface area contributed by atoms with Crippen molar-refractivity contribution in [3.63, 3.8) is 0 Å². The molecule has 3 rings (SSSR count). The summed E-state index contributed by atoms with van der Waals surface area (Å²) in [5.74, 6) is 0.701. The van der Waals surface area contributed by atoms with E-state index in [1.807, 2.05) is 43.5 Å². The van der Waals surface area contributed by atoms with Crippen LogP contribution in [-0.4, -0.2) is 31.3 Å². The Morgan fingerprint density at radius 3 is 2.63 bits per heavy atom. The molecule has 30 heavy (non-hydrogen) atoms. The summed E-state index contributed by atoms with van der Waals surface area (Å²) in [6.07, 6.45) is 4.46. The predicted molar refractivity (Wildman–Crippen MR) is 117 cm³/mol. The monoisotopic (exact) mass is 432 g/mol. The van der Waals surface area contributed by atoms with Crippen LogP contribution >= 0.6 is 7.60 Å². The van der Waals surface area contributed by atoms with Crippen molar-refractivity contribution in [3.05, 3.63) is 53.9 Å². The van der Waals surface area contributed by atoms with Gasteiger partial charge in [0.25, 0.3) is 0 Å². The Morgan fingerprint density at radius 2 is 1.93 bits per heavy atom. The summed E-state index contributed by atoms with van der Waals surface area (Å²) >= 11 is 0. The first kappa shape index (κ1) is 22.5. The molecule has 8 heteroatoms. The van der Waals surface area contributed by atoms with Crippen molar-refractivity contribution in [1.82, 2.24) is 10.3 Å². The Morgan fingerprint density at radius 1 is 1.13 bits per heavy atom. The Kier molecular flexibility index (Phi) is 8.05. The standard InChI is InChI=1S/C22H29N2O5P/c1-4-27-30(25,28-5-2)22-17(3)21-19(10-6-11-20(21)29-22)26-14-8-13-24-16-18-9-7-12-23-15-18/h6-7,9-12,15,24H,4-5,8,13-14,16H2,1-3H3. The lowest BCUT2D eigenvalue weighted by molar-refractivity contribution is 0.225. The van der Waals surface area contributed by atoms with E-state index in [1.165, 1.54) is 0 Å². The van der Waals surface area contributed by atoms with Gasteiger partial charge in [0.05, 0.1) is 25.2 Å². The molecule has 2 heterocycles. The first-order valence-electron chi connectivity index (χ1n) is 10.2. The molecule has 0 amide bonds. The van der Waals surface area contributed by atoms with E-state index in [1.54, 1.807) is 20.0 Å². The van der Waals surface area contributed by atoms with Crippen LogP contribution in [-0.2, 0) is 20.2 Å². The molecule has 3 aromatic rings. The third kappa shape index (κ3) is 5.29. The summed E-state index contributed by atoms with van der Waals surface area (Å²) in [6, 6.07) is 9.55. The number of ether oxygens (including phenoxy) is 1. The largest absolute Gasteiger partial charge is 0.493 e. The number of pyridine rings is 1. The van der Waals surface area contributed by atoms with Gasteiger partial charge in [0.1, 0.15) is 11.3 Å². The number of nitrogens with zero attached hydrogens (tertiary/aromatic N) is 1. The van der Waals surface area contributed by atoms with Gasteiger partial charge < -0.3 is 23.5 Å². The summed E-state index contributed by atoms with van der Waals surface area (Å²) in [6.45, 7) is 8.09. The molecular formula is C22H29N2O5P. The minimum Gasteiger partial charge on any atom is -0.493 e. The van der Waals surface area contributed by atoms with Gasteiger partial charge in [-0.15, -0.1) is 0 Å². The molecule has 0 aliphatic heterocycles. The lowest BCUT2D eigenvalue weighted by atomic mass is 10.2. The van der Waals surface area contributed by atoms with Crippen molar-refractivity contribution in [2.75, 3.05) is 26.4 Å². The van der Waals surface area contributed by atoms with E-state index in [-0.39, 0.29) is 18.7 Å². The van der Waals surface area contributed by atoms with Gasteiger partial charge in [-0.25, -0.2) is 0 Å². The number of hydrogen-bond donors (Lipinski definition) is 1. The van der Waals surface area contributed by atoms with Gasteiger partial charge in [-0.3, -0.25) is 9.55 Å². The molecule has 0 fully saturated rings. The molecule has 0 saturated carbocycles. The number of nitrogens with one attached hydrogen (secondary N) is 1. The Hall–Kier alpha value is -2.18. The van der Waals surface area contributed by atoms with Crippen LogP contribution in [0.15, 0.2) is 47.1 Å². The van der Waals surface area contributed by atoms with Crippen LogP contribution in [0.25, 0.3) is 11.0 Å². The number of rotatable bonds is 12.